The average Bonchev–Trinajstić information content (AvgIpc) is 2.62. The molecule has 0 aliphatic rings. The van der Waals surface area contributed by atoms with Gasteiger partial charge in [0.1, 0.15) is 5.75 Å². The summed E-state index contributed by atoms with van der Waals surface area (Å²) in [4.78, 5) is 23.9. The van der Waals surface area contributed by atoms with Crippen LogP contribution in [0.1, 0.15) is 12.6 Å². The van der Waals surface area contributed by atoms with E-state index in [9.17, 15) is 9.59 Å². The van der Waals surface area contributed by atoms with E-state index in [2.05, 4.69) is 15.5 Å². The molecule has 2 N–H and O–H groups in total. The lowest BCUT2D eigenvalue weighted by Crippen LogP contribution is -2.36. The monoisotopic (exact) mass is 323 g/mol. The van der Waals surface area contributed by atoms with Crippen LogP contribution in [0.3, 0.4) is 0 Å². The van der Waals surface area contributed by atoms with E-state index in [1.807, 2.05) is 30.3 Å². The molecule has 0 unspecified atom stereocenters. The number of rotatable bonds is 5. The van der Waals surface area contributed by atoms with Gasteiger partial charge >= 0.3 is 0 Å². The van der Waals surface area contributed by atoms with Crippen LogP contribution in [0.2, 0.25) is 0 Å². The van der Waals surface area contributed by atoms with Gasteiger partial charge in [-0.2, -0.15) is 5.10 Å². The largest absolute Gasteiger partial charge is 0.481 e. The van der Waals surface area contributed by atoms with Gasteiger partial charge in [0, 0.05) is 5.39 Å². The van der Waals surface area contributed by atoms with Crippen molar-refractivity contribution in [2.75, 3.05) is 0 Å². The highest BCUT2D eigenvalue weighted by atomic mass is 16.5. The number of H-pyrrole nitrogens is 1. The van der Waals surface area contributed by atoms with Gasteiger partial charge < -0.3 is 10.1 Å². The highest BCUT2D eigenvalue weighted by Gasteiger charge is 2.15. The summed E-state index contributed by atoms with van der Waals surface area (Å²) in [5.74, 6) is 0.378. The molecule has 6 heteroatoms. The minimum Gasteiger partial charge on any atom is -0.481 e. The first kappa shape index (κ1) is 15.7. The first-order valence-electron chi connectivity index (χ1n) is 7.61. The maximum Gasteiger partial charge on any atom is 0.272 e. The van der Waals surface area contributed by atoms with Crippen LogP contribution in [0.25, 0.3) is 10.8 Å². The number of nitrogens with zero attached hydrogens (tertiary/aromatic N) is 1. The summed E-state index contributed by atoms with van der Waals surface area (Å²) < 4.78 is 5.58. The lowest BCUT2D eigenvalue weighted by Gasteiger charge is -2.14. The molecule has 0 aliphatic heterocycles. The SMILES string of the molecule is C[C@@H](Oc1ccccc1)C(=O)NCc1n[nH]c(=O)c2ccccc12. The highest BCUT2D eigenvalue weighted by molar-refractivity contribution is 5.84. The van der Waals surface area contributed by atoms with Crippen LogP contribution in [-0.4, -0.2) is 22.2 Å². The van der Waals surface area contributed by atoms with Crippen molar-refractivity contribution in [2.45, 2.75) is 19.6 Å². The number of carbonyl (C=O) groups excluding carboxylic acids is 1. The first-order chi connectivity index (χ1) is 11.6. The molecule has 1 amide bonds. The maximum atomic E-state index is 12.2. The third-order valence-electron chi connectivity index (χ3n) is 3.63. The molecule has 2 aromatic carbocycles. The number of fused-ring (bicyclic) bond motifs is 1. The molecule has 0 saturated carbocycles. The second-order valence-corrected chi connectivity index (χ2v) is 5.34. The number of para-hydroxylation sites is 1. The predicted molar refractivity (Wildman–Crippen MR) is 90.7 cm³/mol. The van der Waals surface area contributed by atoms with Crippen LogP contribution < -0.4 is 15.6 Å². The summed E-state index contributed by atoms with van der Waals surface area (Å²) in [6, 6.07) is 16.3. The molecular formula is C18H17N3O3. The Hall–Kier alpha value is -3.15. The zero-order valence-corrected chi connectivity index (χ0v) is 13.2. The zero-order chi connectivity index (χ0) is 16.9. The number of amides is 1. The molecule has 0 radical (unpaired) electrons. The third-order valence-corrected chi connectivity index (χ3v) is 3.63. The van der Waals surface area contributed by atoms with Gasteiger partial charge in [0.25, 0.3) is 11.5 Å². The quantitative estimate of drug-likeness (QED) is 0.752. The molecule has 3 rings (SSSR count). The number of benzene rings is 2. The fourth-order valence-electron chi connectivity index (χ4n) is 2.38. The predicted octanol–water partition coefficient (Wildman–Crippen LogP) is 2.01. The molecule has 3 aromatic rings. The lowest BCUT2D eigenvalue weighted by atomic mass is 10.1. The Morgan fingerprint density at radius 3 is 2.54 bits per heavy atom. The van der Waals surface area contributed by atoms with E-state index in [0.29, 0.717) is 16.8 Å². The zero-order valence-electron chi connectivity index (χ0n) is 13.2. The van der Waals surface area contributed by atoms with Crippen LogP contribution in [0.15, 0.2) is 59.4 Å². The standard InChI is InChI=1S/C18H17N3O3/c1-12(24-13-7-3-2-4-8-13)17(22)19-11-16-14-9-5-6-10-15(14)18(23)21-20-16/h2-10,12H,11H2,1H3,(H,19,22)(H,21,23)/t12-/m1/s1. The average molecular weight is 323 g/mol. The number of aromatic nitrogens is 2. The molecule has 0 fully saturated rings. The van der Waals surface area contributed by atoms with E-state index in [-0.39, 0.29) is 18.0 Å². The van der Waals surface area contributed by atoms with E-state index >= 15 is 0 Å². The number of nitrogens with one attached hydrogen (secondary N) is 2. The second kappa shape index (κ2) is 6.95. The molecule has 1 heterocycles. The minimum absolute atomic E-state index is 0.207. The van der Waals surface area contributed by atoms with E-state index in [4.69, 9.17) is 4.74 Å². The van der Waals surface area contributed by atoms with Crippen molar-refractivity contribution >= 4 is 16.7 Å². The minimum atomic E-state index is -0.638. The molecule has 1 atom stereocenters. The van der Waals surface area contributed by atoms with Crippen LogP contribution in [-0.2, 0) is 11.3 Å². The van der Waals surface area contributed by atoms with E-state index in [1.54, 1.807) is 31.2 Å². The smallest absolute Gasteiger partial charge is 0.272 e. The fourth-order valence-corrected chi connectivity index (χ4v) is 2.38. The molecule has 122 valence electrons. The third kappa shape index (κ3) is 3.43. The van der Waals surface area contributed by atoms with Crippen LogP contribution in [0.5, 0.6) is 5.75 Å². The highest BCUT2D eigenvalue weighted by Crippen LogP contribution is 2.13. The molecule has 24 heavy (non-hydrogen) atoms. The summed E-state index contributed by atoms with van der Waals surface area (Å²) in [7, 11) is 0. The second-order valence-electron chi connectivity index (χ2n) is 5.34. The Labute approximate surface area is 138 Å². The molecule has 0 aliphatic carbocycles. The number of aromatic amines is 1. The van der Waals surface area contributed by atoms with Crippen LogP contribution >= 0.6 is 0 Å². The van der Waals surface area contributed by atoms with Crippen LogP contribution in [0.4, 0.5) is 0 Å². The Kier molecular flexibility index (Phi) is 4.56. The van der Waals surface area contributed by atoms with Crippen molar-refractivity contribution in [3.8, 4) is 5.75 Å². The molecule has 1 aromatic heterocycles. The molecule has 0 spiro atoms. The Morgan fingerprint density at radius 1 is 1.12 bits per heavy atom. The summed E-state index contributed by atoms with van der Waals surface area (Å²) in [6.07, 6.45) is -0.638. The summed E-state index contributed by atoms with van der Waals surface area (Å²) in [6.45, 7) is 1.89. The van der Waals surface area contributed by atoms with Gasteiger partial charge in [-0.05, 0) is 25.1 Å². The number of ether oxygens (including phenoxy) is 1. The van der Waals surface area contributed by atoms with Gasteiger partial charge in [0.2, 0.25) is 0 Å². The molecule has 0 bridgehead atoms. The van der Waals surface area contributed by atoms with Crippen molar-refractivity contribution in [1.29, 1.82) is 0 Å². The molecular weight excluding hydrogens is 306 g/mol. The fraction of sp³-hybridized carbons (Fsp3) is 0.167. The Balaban J connectivity index is 1.68. The number of carbonyl (C=O) groups is 1. The van der Waals surface area contributed by atoms with Gasteiger partial charge in [-0.25, -0.2) is 5.10 Å². The van der Waals surface area contributed by atoms with Crippen molar-refractivity contribution in [3.63, 3.8) is 0 Å². The van der Waals surface area contributed by atoms with Gasteiger partial charge in [-0.15, -0.1) is 0 Å². The number of hydrogen-bond donors (Lipinski definition) is 2. The van der Waals surface area contributed by atoms with Crippen molar-refractivity contribution in [2.24, 2.45) is 0 Å². The Bertz CT molecular complexity index is 906. The van der Waals surface area contributed by atoms with Crippen molar-refractivity contribution in [1.82, 2.24) is 15.5 Å². The van der Waals surface area contributed by atoms with Crippen LogP contribution in [0, 0.1) is 0 Å². The number of hydrogen-bond acceptors (Lipinski definition) is 4. The summed E-state index contributed by atoms with van der Waals surface area (Å²) in [5.41, 5.74) is 0.354. The van der Waals surface area contributed by atoms with Gasteiger partial charge in [-0.3, -0.25) is 9.59 Å². The summed E-state index contributed by atoms with van der Waals surface area (Å²) >= 11 is 0. The van der Waals surface area contributed by atoms with Crippen molar-refractivity contribution in [3.05, 3.63) is 70.6 Å². The summed E-state index contributed by atoms with van der Waals surface area (Å²) in [5, 5.41) is 10.5. The molecule has 0 saturated heterocycles. The maximum absolute atomic E-state index is 12.2. The topological polar surface area (TPSA) is 84.1 Å². The van der Waals surface area contributed by atoms with Crippen molar-refractivity contribution < 1.29 is 9.53 Å². The normalized spacial score (nSPS) is 11.9. The van der Waals surface area contributed by atoms with E-state index in [0.717, 1.165) is 5.39 Å². The van der Waals surface area contributed by atoms with Gasteiger partial charge in [0.05, 0.1) is 17.6 Å². The lowest BCUT2D eigenvalue weighted by molar-refractivity contribution is -0.127. The van der Waals surface area contributed by atoms with Gasteiger partial charge in [-0.1, -0.05) is 36.4 Å². The molecule has 6 nitrogen and oxygen atoms in total. The van der Waals surface area contributed by atoms with E-state index in [1.165, 1.54) is 0 Å². The first-order valence-corrected chi connectivity index (χ1v) is 7.61. The van der Waals surface area contributed by atoms with Gasteiger partial charge in [0.15, 0.2) is 6.10 Å². The van der Waals surface area contributed by atoms with E-state index < -0.39 is 6.10 Å². The Morgan fingerprint density at radius 2 is 1.79 bits per heavy atom.